The highest BCUT2D eigenvalue weighted by Gasteiger charge is 2.12. The molecular formula is C22H32O4. The highest BCUT2D eigenvalue weighted by molar-refractivity contribution is 5.95. The zero-order chi connectivity index (χ0) is 19.2. The van der Waals surface area contributed by atoms with Gasteiger partial charge in [-0.25, -0.2) is 9.59 Å². The summed E-state index contributed by atoms with van der Waals surface area (Å²) in [6.45, 7) is 6.73. The minimum atomic E-state index is -0.441. The monoisotopic (exact) mass is 360 g/mol. The van der Waals surface area contributed by atoms with E-state index in [2.05, 4.69) is 6.92 Å². The molecule has 0 N–H and O–H groups in total. The van der Waals surface area contributed by atoms with Gasteiger partial charge >= 0.3 is 11.9 Å². The molecule has 0 atom stereocenters. The molecule has 0 radical (unpaired) electrons. The first-order valence-corrected chi connectivity index (χ1v) is 9.62. The number of benzene rings is 1. The van der Waals surface area contributed by atoms with Crippen LogP contribution in [0, 0.1) is 0 Å². The van der Waals surface area contributed by atoms with Crippen LogP contribution in [0.2, 0.25) is 0 Å². The van der Waals surface area contributed by atoms with Crippen molar-refractivity contribution in [1.82, 2.24) is 0 Å². The molecule has 0 saturated carbocycles. The van der Waals surface area contributed by atoms with Crippen molar-refractivity contribution < 1.29 is 19.1 Å². The smallest absolute Gasteiger partial charge is 0.338 e. The molecule has 4 heteroatoms. The topological polar surface area (TPSA) is 52.6 Å². The second kappa shape index (κ2) is 13.2. The van der Waals surface area contributed by atoms with E-state index in [0.29, 0.717) is 17.7 Å². The summed E-state index contributed by atoms with van der Waals surface area (Å²) in [6, 6.07) is 6.48. The Bertz CT molecular complexity index is 586. The third-order valence-corrected chi connectivity index (χ3v) is 4.02. The van der Waals surface area contributed by atoms with Gasteiger partial charge in [0.15, 0.2) is 0 Å². The van der Waals surface area contributed by atoms with E-state index in [4.69, 9.17) is 9.47 Å². The quantitative estimate of drug-likeness (QED) is 0.272. The summed E-state index contributed by atoms with van der Waals surface area (Å²) in [5.74, 6) is -0.834. The van der Waals surface area contributed by atoms with Gasteiger partial charge in [0.05, 0.1) is 17.7 Å². The van der Waals surface area contributed by atoms with E-state index in [1.165, 1.54) is 38.2 Å². The number of hydrogen-bond donors (Lipinski definition) is 0. The first-order chi connectivity index (χ1) is 12.5. The van der Waals surface area contributed by atoms with E-state index >= 15 is 0 Å². The predicted octanol–water partition coefficient (Wildman–Crippen LogP) is 5.72. The van der Waals surface area contributed by atoms with Gasteiger partial charge in [-0.2, -0.15) is 0 Å². The first kappa shape index (κ1) is 21.9. The van der Waals surface area contributed by atoms with E-state index in [1.54, 1.807) is 18.2 Å². The fourth-order valence-electron chi connectivity index (χ4n) is 2.45. The summed E-state index contributed by atoms with van der Waals surface area (Å²) < 4.78 is 10.5. The molecule has 0 aromatic heterocycles. The van der Waals surface area contributed by atoms with Crippen molar-refractivity contribution >= 4 is 11.9 Å². The first-order valence-electron chi connectivity index (χ1n) is 9.62. The molecule has 1 aromatic rings. The van der Waals surface area contributed by atoms with E-state index in [9.17, 15) is 9.59 Å². The molecule has 0 aliphatic carbocycles. The van der Waals surface area contributed by atoms with Crippen LogP contribution in [0.4, 0.5) is 0 Å². The van der Waals surface area contributed by atoms with Crippen molar-refractivity contribution in [3.8, 4) is 0 Å². The molecule has 26 heavy (non-hydrogen) atoms. The second-order valence-corrected chi connectivity index (χ2v) is 6.72. The van der Waals surface area contributed by atoms with E-state index in [1.807, 2.05) is 19.9 Å². The van der Waals surface area contributed by atoms with Crippen molar-refractivity contribution in [2.24, 2.45) is 0 Å². The zero-order valence-corrected chi connectivity index (χ0v) is 16.4. The third kappa shape index (κ3) is 9.40. The Morgan fingerprint density at radius 3 is 2.08 bits per heavy atom. The largest absolute Gasteiger partial charge is 0.462 e. The Morgan fingerprint density at radius 2 is 1.46 bits per heavy atom. The van der Waals surface area contributed by atoms with E-state index in [0.717, 1.165) is 18.4 Å². The summed E-state index contributed by atoms with van der Waals surface area (Å²) >= 11 is 0. The van der Waals surface area contributed by atoms with Gasteiger partial charge < -0.3 is 9.47 Å². The minimum absolute atomic E-state index is 0.230. The van der Waals surface area contributed by atoms with Crippen LogP contribution in [0.1, 0.15) is 86.4 Å². The highest BCUT2D eigenvalue weighted by Crippen LogP contribution is 2.10. The molecule has 1 rings (SSSR count). The maximum absolute atomic E-state index is 12.1. The molecule has 0 aliphatic heterocycles. The third-order valence-electron chi connectivity index (χ3n) is 4.02. The molecule has 0 unspecified atom stereocenters. The van der Waals surface area contributed by atoms with Gasteiger partial charge in [-0.3, -0.25) is 0 Å². The van der Waals surface area contributed by atoms with Gasteiger partial charge in [-0.1, -0.05) is 57.1 Å². The summed E-state index contributed by atoms with van der Waals surface area (Å²) in [5.41, 5.74) is 1.82. The number of hydrogen-bond acceptors (Lipinski definition) is 4. The van der Waals surface area contributed by atoms with Gasteiger partial charge in [0.2, 0.25) is 0 Å². The normalized spacial score (nSPS) is 10.3. The molecule has 1 aromatic carbocycles. The van der Waals surface area contributed by atoms with Gasteiger partial charge in [0.1, 0.15) is 6.61 Å². The molecule has 0 saturated heterocycles. The predicted molar refractivity (Wildman–Crippen MR) is 104 cm³/mol. The Balaban J connectivity index is 2.36. The Hall–Kier alpha value is -2.10. The summed E-state index contributed by atoms with van der Waals surface area (Å²) in [4.78, 5) is 24.1. The molecule has 0 bridgehead atoms. The number of esters is 2. The zero-order valence-electron chi connectivity index (χ0n) is 16.4. The van der Waals surface area contributed by atoms with Crippen LogP contribution in [0.5, 0.6) is 0 Å². The van der Waals surface area contributed by atoms with Crippen molar-refractivity contribution in [3.63, 3.8) is 0 Å². The lowest BCUT2D eigenvalue weighted by Crippen LogP contribution is -2.10. The lowest BCUT2D eigenvalue weighted by molar-refractivity contribution is 0.0497. The average molecular weight is 360 g/mol. The summed E-state index contributed by atoms with van der Waals surface area (Å²) in [5, 5.41) is 0. The van der Waals surface area contributed by atoms with Crippen LogP contribution in [-0.2, 0) is 9.47 Å². The van der Waals surface area contributed by atoms with Crippen LogP contribution < -0.4 is 0 Å². The molecular weight excluding hydrogens is 328 g/mol. The van der Waals surface area contributed by atoms with Gasteiger partial charge in [-0.15, -0.1) is 0 Å². The summed E-state index contributed by atoms with van der Waals surface area (Å²) in [6.07, 6.45) is 10.0. The number of ether oxygens (including phenoxy) is 2. The Morgan fingerprint density at radius 1 is 0.885 bits per heavy atom. The fourth-order valence-corrected chi connectivity index (χ4v) is 2.45. The number of allylic oxidation sites excluding steroid dienone is 1. The maximum atomic E-state index is 12.1. The van der Waals surface area contributed by atoms with E-state index in [-0.39, 0.29) is 6.61 Å². The SMILES string of the molecule is CCCCCCCCCOC(=O)c1cccc(C(=O)OCC=C(C)C)c1. The van der Waals surface area contributed by atoms with Crippen LogP contribution in [-0.4, -0.2) is 25.2 Å². The van der Waals surface area contributed by atoms with Crippen molar-refractivity contribution in [1.29, 1.82) is 0 Å². The van der Waals surface area contributed by atoms with Gasteiger partial charge in [0, 0.05) is 0 Å². The van der Waals surface area contributed by atoms with Gasteiger partial charge in [-0.05, 0) is 44.5 Å². The maximum Gasteiger partial charge on any atom is 0.338 e. The van der Waals surface area contributed by atoms with Crippen LogP contribution in [0.15, 0.2) is 35.9 Å². The number of unbranched alkanes of at least 4 members (excludes halogenated alkanes) is 6. The molecule has 0 heterocycles. The van der Waals surface area contributed by atoms with Crippen LogP contribution >= 0.6 is 0 Å². The molecule has 4 nitrogen and oxygen atoms in total. The van der Waals surface area contributed by atoms with Crippen molar-refractivity contribution in [2.45, 2.75) is 65.7 Å². The highest BCUT2D eigenvalue weighted by atomic mass is 16.5. The average Bonchev–Trinajstić information content (AvgIpc) is 2.63. The number of carbonyl (C=O) groups excluding carboxylic acids is 2. The standard InChI is InChI=1S/C22H32O4/c1-4-5-6-7-8-9-10-15-25-21(23)19-12-11-13-20(17-19)22(24)26-16-14-18(2)3/h11-14,17H,4-10,15-16H2,1-3H3. The van der Waals surface area contributed by atoms with Gasteiger partial charge in [0.25, 0.3) is 0 Å². The fraction of sp³-hybridized carbons (Fsp3) is 0.545. The van der Waals surface area contributed by atoms with Crippen molar-refractivity contribution in [2.75, 3.05) is 13.2 Å². The molecule has 0 amide bonds. The Labute approximate surface area is 157 Å². The molecule has 144 valence electrons. The van der Waals surface area contributed by atoms with Crippen molar-refractivity contribution in [3.05, 3.63) is 47.0 Å². The molecule has 0 fully saturated rings. The van der Waals surface area contributed by atoms with E-state index < -0.39 is 11.9 Å². The van der Waals surface area contributed by atoms with Crippen LogP contribution in [0.25, 0.3) is 0 Å². The second-order valence-electron chi connectivity index (χ2n) is 6.72. The molecule has 0 aliphatic rings. The number of carbonyl (C=O) groups is 2. The summed E-state index contributed by atoms with van der Waals surface area (Å²) in [7, 11) is 0. The molecule has 0 spiro atoms. The van der Waals surface area contributed by atoms with Crippen LogP contribution in [0.3, 0.4) is 0 Å². The Kier molecular flexibility index (Phi) is 11.1. The lowest BCUT2D eigenvalue weighted by Gasteiger charge is -2.07. The minimum Gasteiger partial charge on any atom is -0.462 e. The number of rotatable bonds is 12. The lowest BCUT2D eigenvalue weighted by atomic mass is 10.1.